The topological polar surface area (TPSA) is 66.1 Å². The van der Waals surface area contributed by atoms with Crippen molar-refractivity contribution in [3.63, 3.8) is 0 Å². The van der Waals surface area contributed by atoms with E-state index in [1.54, 1.807) is 12.1 Å². The summed E-state index contributed by atoms with van der Waals surface area (Å²) >= 11 is 5.71. The molecular formula is C12H14ClN3O2S. The molecule has 0 unspecified atom stereocenters. The lowest BCUT2D eigenvalue weighted by Gasteiger charge is -2.19. The van der Waals surface area contributed by atoms with Crippen LogP contribution in [0.15, 0.2) is 35.5 Å². The summed E-state index contributed by atoms with van der Waals surface area (Å²) in [6.45, 7) is 1.91. The SMILES string of the molecule is Cc1cccc(N(C)S(=O)(=O)c2[nH]ncc2CCl)c1. The molecule has 0 spiro atoms. The first-order valence-electron chi connectivity index (χ1n) is 5.60. The van der Waals surface area contributed by atoms with Gasteiger partial charge in [-0.2, -0.15) is 13.5 Å². The number of benzene rings is 1. The molecule has 0 aliphatic rings. The second-order valence-electron chi connectivity index (χ2n) is 4.17. The highest BCUT2D eigenvalue weighted by Gasteiger charge is 2.26. The van der Waals surface area contributed by atoms with Crippen LogP contribution < -0.4 is 4.31 Å². The predicted octanol–water partition coefficient (Wildman–Crippen LogP) is 2.28. The lowest BCUT2D eigenvalue weighted by atomic mass is 10.2. The van der Waals surface area contributed by atoms with E-state index < -0.39 is 10.0 Å². The first kappa shape index (κ1) is 13.9. The van der Waals surface area contributed by atoms with Crippen LogP contribution >= 0.6 is 11.6 Å². The van der Waals surface area contributed by atoms with Gasteiger partial charge in [0.1, 0.15) is 0 Å². The largest absolute Gasteiger partial charge is 0.281 e. The number of alkyl halides is 1. The summed E-state index contributed by atoms with van der Waals surface area (Å²) in [5.74, 6) is 0.0900. The van der Waals surface area contributed by atoms with E-state index in [9.17, 15) is 8.42 Å². The third-order valence-corrected chi connectivity index (χ3v) is 4.90. The van der Waals surface area contributed by atoms with E-state index >= 15 is 0 Å². The third kappa shape index (κ3) is 2.59. The zero-order valence-corrected chi connectivity index (χ0v) is 12.2. The van der Waals surface area contributed by atoms with Crippen molar-refractivity contribution in [2.75, 3.05) is 11.4 Å². The number of nitrogens with zero attached hydrogens (tertiary/aromatic N) is 2. The number of aryl methyl sites for hydroxylation is 1. The number of H-pyrrole nitrogens is 1. The van der Waals surface area contributed by atoms with E-state index in [1.165, 1.54) is 17.5 Å². The Morgan fingerprint density at radius 1 is 1.42 bits per heavy atom. The molecular weight excluding hydrogens is 286 g/mol. The van der Waals surface area contributed by atoms with E-state index in [0.717, 1.165) is 5.56 Å². The Labute approximate surface area is 117 Å². The highest BCUT2D eigenvalue weighted by molar-refractivity contribution is 7.92. The van der Waals surface area contributed by atoms with Gasteiger partial charge in [0, 0.05) is 12.6 Å². The summed E-state index contributed by atoms with van der Waals surface area (Å²) in [7, 11) is -2.17. The van der Waals surface area contributed by atoms with Crippen molar-refractivity contribution >= 4 is 27.3 Å². The average Bonchev–Trinajstić information content (AvgIpc) is 2.86. The summed E-state index contributed by atoms with van der Waals surface area (Å²) in [4.78, 5) is 0. The number of rotatable bonds is 4. The zero-order valence-electron chi connectivity index (χ0n) is 10.6. The molecule has 2 aromatic rings. The average molecular weight is 300 g/mol. The Bertz CT molecular complexity index is 682. The van der Waals surface area contributed by atoms with E-state index in [1.807, 2.05) is 19.1 Å². The van der Waals surface area contributed by atoms with Crippen LogP contribution in [0.3, 0.4) is 0 Å². The minimum atomic E-state index is -3.68. The molecule has 1 aromatic carbocycles. The molecule has 2 rings (SSSR count). The molecule has 102 valence electrons. The second-order valence-corrected chi connectivity index (χ2v) is 6.34. The smallest absolute Gasteiger partial charge is 0.268 e. The normalized spacial score (nSPS) is 11.5. The van der Waals surface area contributed by atoms with Crippen molar-refractivity contribution < 1.29 is 8.42 Å². The van der Waals surface area contributed by atoms with Crippen LogP contribution in [-0.4, -0.2) is 25.7 Å². The van der Waals surface area contributed by atoms with Crippen molar-refractivity contribution in [2.45, 2.75) is 17.8 Å². The van der Waals surface area contributed by atoms with E-state index in [-0.39, 0.29) is 10.9 Å². The van der Waals surface area contributed by atoms with Gasteiger partial charge in [-0.1, -0.05) is 12.1 Å². The fraction of sp³-hybridized carbons (Fsp3) is 0.250. The molecule has 19 heavy (non-hydrogen) atoms. The van der Waals surface area contributed by atoms with Crippen molar-refractivity contribution in [2.24, 2.45) is 0 Å². The Balaban J connectivity index is 2.45. The molecule has 1 aromatic heterocycles. The summed E-state index contributed by atoms with van der Waals surface area (Å²) in [6, 6.07) is 7.26. The minimum Gasteiger partial charge on any atom is -0.268 e. The Kier molecular flexibility index (Phi) is 3.82. The second kappa shape index (κ2) is 5.22. The van der Waals surface area contributed by atoms with Crippen LogP contribution in [-0.2, 0) is 15.9 Å². The predicted molar refractivity (Wildman–Crippen MR) is 74.9 cm³/mol. The summed E-state index contributed by atoms with van der Waals surface area (Å²) in [5.41, 5.74) is 2.04. The number of sulfonamides is 1. The van der Waals surface area contributed by atoms with Gasteiger partial charge < -0.3 is 0 Å². The van der Waals surface area contributed by atoms with Gasteiger partial charge in [0.2, 0.25) is 0 Å². The number of halogens is 1. The Morgan fingerprint density at radius 2 is 2.16 bits per heavy atom. The molecule has 1 heterocycles. The first-order chi connectivity index (χ1) is 8.96. The summed E-state index contributed by atoms with van der Waals surface area (Å²) < 4.78 is 26.2. The number of aromatic amines is 1. The van der Waals surface area contributed by atoms with Gasteiger partial charge in [0.05, 0.1) is 17.8 Å². The van der Waals surface area contributed by atoms with E-state index in [2.05, 4.69) is 10.2 Å². The van der Waals surface area contributed by atoms with Crippen molar-refractivity contribution in [3.8, 4) is 0 Å². The number of anilines is 1. The van der Waals surface area contributed by atoms with Gasteiger partial charge in [-0.25, -0.2) is 0 Å². The number of nitrogens with one attached hydrogen (secondary N) is 1. The quantitative estimate of drug-likeness (QED) is 0.881. The maximum Gasteiger partial charge on any atom is 0.281 e. The minimum absolute atomic E-state index is 0.0338. The van der Waals surface area contributed by atoms with Gasteiger partial charge >= 0.3 is 0 Å². The molecule has 0 radical (unpaired) electrons. The fourth-order valence-corrected chi connectivity index (χ4v) is 3.29. The maximum absolute atomic E-state index is 12.5. The van der Waals surface area contributed by atoms with Gasteiger partial charge in [0.15, 0.2) is 5.03 Å². The fourth-order valence-electron chi connectivity index (χ4n) is 1.72. The Hall–Kier alpha value is -1.53. The van der Waals surface area contributed by atoms with Crippen LogP contribution in [0.2, 0.25) is 0 Å². The number of hydrogen-bond donors (Lipinski definition) is 1. The lowest BCUT2D eigenvalue weighted by molar-refractivity contribution is 0.589. The molecule has 0 saturated carbocycles. The monoisotopic (exact) mass is 299 g/mol. The van der Waals surface area contributed by atoms with Gasteiger partial charge in [-0.05, 0) is 24.6 Å². The van der Waals surface area contributed by atoms with E-state index in [4.69, 9.17) is 11.6 Å². The van der Waals surface area contributed by atoms with Crippen LogP contribution in [0.25, 0.3) is 0 Å². The molecule has 0 bridgehead atoms. The van der Waals surface area contributed by atoms with E-state index in [0.29, 0.717) is 11.3 Å². The van der Waals surface area contributed by atoms with Crippen molar-refractivity contribution in [1.29, 1.82) is 0 Å². The molecule has 5 nitrogen and oxygen atoms in total. The van der Waals surface area contributed by atoms with Crippen LogP contribution in [0.4, 0.5) is 5.69 Å². The molecule has 1 N–H and O–H groups in total. The zero-order chi connectivity index (χ0) is 14.0. The summed E-state index contributed by atoms with van der Waals surface area (Å²) in [6.07, 6.45) is 1.42. The van der Waals surface area contributed by atoms with Crippen LogP contribution in [0.1, 0.15) is 11.1 Å². The standard InChI is InChI=1S/C12H14ClN3O2S/c1-9-4-3-5-11(6-9)16(2)19(17,18)12-10(7-13)8-14-15-12/h3-6,8H,7H2,1-2H3,(H,14,15). The highest BCUT2D eigenvalue weighted by atomic mass is 35.5. The van der Waals surface area contributed by atoms with Crippen LogP contribution in [0, 0.1) is 6.92 Å². The van der Waals surface area contributed by atoms with Crippen molar-refractivity contribution in [3.05, 3.63) is 41.6 Å². The van der Waals surface area contributed by atoms with Gasteiger partial charge in [-0.15, -0.1) is 11.6 Å². The molecule has 0 saturated heterocycles. The van der Waals surface area contributed by atoms with Crippen LogP contribution in [0.5, 0.6) is 0 Å². The van der Waals surface area contributed by atoms with Crippen molar-refractivity contribution in [1.82, 2.24) is 10.2 Å². The highest BCUT2D eigenvalue weighted by Crippen LogP contribution is 2.24. The lowest BCUT2D eigenvalue weighted by Crippen LogP contribution is -2.27. The molecule has 7 heteroatoms. The molecule has 0 atom stereocenters. The molecule has 0 aliphatic carbocycles. The van der Waals surface area contributed by atoms with Gasteiger partial charge in [-0.3, -0.25) is 9.40 Å². The molecule has 0 fully saturated rings. The first-order valence-corrected chi connectivity index (χ1v) is 7.58. The summed E-state index contributed by atoms with van der Waals surface area (Å²) in [5, 5.41) is 6.27. The molecule has 0 amide bonds. The third-order valence-electron chi connectivity index (χ3n) is 2.81. The van der Waals surface area contributed by atoms with Gasteiger partial charge in [0.25, 0.3) is 10.0 Å². The Morgan fingerprint density at radius 3 is 2.79 bits per heavy atom. The molecule has 0 aliphatic heterocycles. The number of aromatic nitrogens is 2. The maximum atomic E-state index is 12.5. The number of hydrogen-bond acceptors (Lipinski definition) is 3.